The summed E-state index contributed by atoms with van der Waals surface area (Å²) in [6, 6.07) is 3.04. The topological polar surface area (TPSA) is 66.9 Å². The largest absolute Gasteiger partial charge is 0.265 e. The zero-order chi connectivity index (χ0) is 11.4. The maximum absolute atomic E-state index is 13.1. The van der Waals surface area contributed by atoms with Crippen molar-refractivity contribution in [1.29, 1.82) is 5.26 Å². The molecule has 1 aromatic carbocycles. The van der Waals surface area contributed by atoms with Gasteiger partial charge in [0.2, 0.25) is 6.54 Å². The summed E-state index contributed by atoms with van der Waals surface area (Å²) in [7, 11) is 0. The molecular weight excluding hydrogens is 206 g/mol. The maximum atomic E-state index is 13.1. The van der Waals surface area contributed by atoms with E-state index in [-0.39, 0.29) is 12.0 Å². The second-order valence-electron chi connectivity index (χ2n) is 2.84. The minimum atomic E-state index is -0.864. The quantitative estimate of drug-likeness (QED) is 0.565. The van der Waals surface area contributed by atoms with Gasteiger partial charge in [-0.2, -0.15) is 5.26 Å². The molecule has 0 spiro atoms. The van der Waals surface area contributed by atoms with E-state index in [0.717, 1.165) is 12.1 Å². The van der Waals surface area contributed by atoms with E-state index in [1.165, 1.54) is 6.07 Å². The van der Waals surface area contributed by atoms with Crippen LogP contribution in [0.2, 0.25) is 0 Å². The third-order valence-corrected chi connectivity index (χ3v) is 1.82. The van der Waals surface area contributed by atoms with Gasteiger partial charge < -0.3 is 0 Å². The number of hydrogen-bond donors (Lipinski definition) is 0. The summed E-state index contributed by atoms with van der Waals surface area (Å²) in [4.78, 5) is 9.41. The van der Waals surface area contributed by atoms with Crippen molar-refractivity contribution in [1.82, 2.24) is 0 Å². The summed E-state index contributed by atoms with van der Waals surface area (Å²) in [5, 5.41) is 18.4. The monoisotopic (exact) mass is 212 g/mol. The molecule has 15 heavy (non-hydrogen) atoms. The molecule has 0 aliphatic heterocycles. The smallest absolute Gasteiger partial charge is 0.208 e. The number of halogens is 2. The SMILES string of the molecule is N#Cc1cc(F)c(CC[N+](=O)[O-])cc1F. The van der Waals surface area contributed by atoms with Gasteiger partial charge in [0.1, 0.15) is 17.7 Å². The second kappa shape index (κ2) is 4.46. The Hall–Kier alpha value is -2.03. The molecule has 0 aromatic heterocycles. The van der Waals surface area contributed by atoms with Gasteiger partial charge in [0.05, 0.1) is 5.56 Å². The number of rotatable bonds is 3. The van der Waals surface area contributed by atoms with Crippen LogP contribution in [0.15, 0.2) is 12.1 Å². The molecule has 1 rings (SSSR count). The Balaban J connectivity index is 2.96. The van der Waals surface area contributed by atoms with Crippen molar-refractivity contribution in [3.8, 4) is 6.07 Å². The lowest BCUT2D eigenvalue weighted by molar-refractivity contribution is -0.479. The number of nitriles is 1. The van der Waals surface area contributed by atoms with Crippen molar-refractivity contribution < 1.29 is 13.7 Å². The highest BCUT2D eigenvalue weighted by Gasteiger charge is 2.11. The van der Waals surface area contributed by atoms with Crippen LogP contribution in [0.4, 0.5) is 8.78 Å². The van der Waals surface area contributed by atoms with E-state index in [9.17, 15) is 18.9 Å². The molecule has 6 heteroatoms. The van der Waals surface area contributed by atoms with E-state index < -0.39 is 28.7 Å². The Bertz CT molecular complexity index is 440. The zero-order valence-electron chi connectivity index (χ0n) is 7.54. The van der Waals surface area contributed by atoms with E-state index in [1.807, 2.05) is 0 Å². The standard InChI is InChI=1S/C9H6F2N2O2/c10-8-4-7(5-12)9(11)3-6(8)1-2-13(14)15/h3-4H,1-2H2. The molecule has 0 saturated carbocycles. The molecule has 0 heterocycles. The van der Waals surface area contributed by atoms with Gasteiger partial charge in [-0.05, 0) is 17.7 Å². The summed E-state index contributed by atoms with van der Waals surface area (Å²) in [5.41, 5.74) is -0.499. The van der Waals surface area contributed by atoms with Gasteiger partial charge in [-0.15, -0.1) is 0 Å². The van der Waals surface area contributed by atoms with E-state index in [1.54, 1.807) is 0 Å². The highest BCUT2D eigenvalue weighted by molar-refractivity contribution is 5.34. The molecule has 0 amide bonds. The van der Waals surface area contributed by atoms with Crippen LogP contribution in [0.3, 0.4) is 0 Å². The Morgan fingerprint density at radius 2 is 2.07 bits per heavy atom. The van der Waals surface area contributed by atoms with E-state index in [4.69, 9.17) is 5.26 Å². The molecule has 0 aliphatic carbocycles. The Labute approximate surface area is 83.9 Å². The lowest BCUT2D eigenvalue weighted by Gasteiger charge is -2.01. The minimum absolute atomic E-state index is 0.0943. The van der Waals surface area contributed by atoms with Crippen molar-refractivity contribution in [2.75, 3.05) is 6.54 Å². The first-order valence-corrected chi connectivity index (χ1v) is 4.04. The fourth-order valence-corrected chi connectivity index (χ4v) is 1.08. The van der Waals surface area contributed by atoms with Crippen LogP contribution in [-0.4, -0.2) is 11.5 Å². The van der Waals surface area contributed by atoms with Crippen LogP contribution in [0.1, 0.15) is 11.1 Å². The van der Waals surface area contributed by atoms with E-state index in [0.29, 0.717) is 0 Å². The van der Waals surface area contributed by atoms with Crippen LogP contribution in [0.25, 0.3) is 0 Å². The molecule has 0 N–H and O–H groups in total. The molecule has 4 nitrogen and oxygen atoms in total. The fourth-order valence-electron chi connectivity index (χ4n) is 1.08. The highest BCUT2D eigenvalue weighted by Crippen LogP contribution is 2.14. The molecule has 0 saturated heterocycles. The molecule has 78 valence electrons. The van der Waals surface area contributed by atoms with Crippen LogP contribution in [-0.2, 0) is 6.42 Å². The van der Waals surface area contributed by atoms with Crippen molar-refractivity contribution in [2.45, 2.75) is 6.42 Å². The summed E-state index contributed by atoms with van der Waals surface area (Å²) in [5.74, 6) is -1.66. The normalized spacial score (nSPS) is 9.67. The lowest BCUT2D eigenvalue weighted by atomic mass is 10.1. The first-order valence-electron chi connectivity index (χ1n) is 4.04. The van der Waals surface area contributed by atoms with Crippen molar-refractivity contribution in [3.63, 3.8) is 0 Å². The maximum Gasteiger partial charge on any atom is 0.208 e. The molecular formula is C9H6F2N2O2. The van der Waals surface area contributed by atoms with Crippen LogP contribution in [0.5, 0.6) is 0 Å². The van der Waals surface area contributed by atoms with Gasteiger partial charge in [0.25, 0.3) is 0 Å². The fraction of sp³-hybridized carbons (Fsp3) is 0.222. The minimum Gasteiger partial charge on any atom is -0.265 e. The summed E-state index contributed by atoms with van der Waals surface area (Å²) in [6.45, 7) is -0.470. The Kier molecular flexibility index (Phi) is 3.29. The number of hydrogen-bond acceptors (Lipinski definition) is 3. The van der Waals surface area contributed by atoms with Crippen LogP contribution in [0, 0.1) is 33.1 Å². The average molecular weight is 212 g/mol. The average Bonchev–Trinajstić information content (AvgIpc) is 2.18. The van der Waals surface area contributed by atoms with Gasteiger partial charge in [-0.25, -0.2) is 8.78 Å². The van der Waals surface area contributed by atoms with Gasteiger partial charge in [-0.1, -0.05) is 0 Å². The van der Waals surface area contributed by atoms with Crippen LogP contribution < -0.4 is 0 Å². The summed E-state index contributed by atoms with van der Waals surface area (Å²) < 4.78 is 26.1. The van der Waals surface area contributed by atoms with Crippen molar-refractivity contribution in [2.24, 2.45) is 0 Å². The number of benzene rings is 1. The second-order valence-corrected chi connectivity index (χ2v) is 2.84. The van der Waals surface area contributed by atoms with Gasteiger partial charge in [-0.3, -0.25) is 10.1 Å². The molecule has 0 atom stereocenters. The first kappa shape index (κ1) is 11.0. The third kappa shape index (κ3) is 2.71. The molecule has 0 bridgehead atoms. The van der Waals surface area contributed by atoms with Gasteiger partial charge in [0.15, 0.2) is 0 Å². The van der Waals surface area contributed by atoms with E-state index >= 15 is 0 Å². The molecule has 1 aromatic rings. The van der Waals surface area contributed by atoms with Crippen LogP contribution >= 0.6 is 0 Å². The predicted octanol–water partition coefficient (Wildman–Crippen LogP) is 1.66. The summed E-state index contributed by atoms with van der Waals surface area (Å²) in [6.07, 6.45) is -0.193. The molecule has 0 aliphatic rings. The molecule has 0 fully saturated rings. The first-order chi connectivity index (χ1) is 7.04. The highest BCUT2D eigenvalue weighted by atomic mass is 19.1. The van der Waals surface area contributed by atoms with E-state index in [2.05, 4.69) is 0 Å². The summed E-state index contributed by atoms with van der Waals surface area (Å²) >= 11 is 0. The number of nitro groups is 1. The van der Waals surface area contributed by atoms with Gasteiger partial charge >= 0.3 is 0 Å². The predicted molar refractivity (Wildman–Crippen MR) is 46.6 cm³/mol. The number of nitrogens with zero attached hydrogens (tertiary/aromatic N) is 2. The third-order valence-electron chi connectivity index (χ3n) is 1.82. The zero-order valence-corrected chi connectivity index (χ0v) is 7.54. The molecule has 0 unspecified atom stereocenters. The Morgan fingerprint density at radius 3 is 2.60 bits per heavy atom. The lowest BCUT2D eigenvalue weighted by Crippen LogP contribution is -2.06. The van der Waals surface area contributed by atoms with Gasteiger partial charge in [0, 0.05) is 11.3 Å². The van der Waals surface area contributed by atoms with Crippen molar-refractivity contribution >= 4 is 0 Å². The molecule has 0 radical (unpaired) electrons. The van der Waals surface area contributed by atoms with Crippen molar-refractivity contribution in [3.05, 3.63) is 45.0 Å². The Morgan fingerprint density at radius 1 is 1.40 bits per heavy atom.